The maximum Gasteiger partial charge on any atom is 0.229 e. The monoisotopic (exact) mass is 727 g/mol. The van der Waals surface area contributed by atoms with Crippen LogP contribution < -0.4 is 16.0 Å². The Morgan fingerprint density at radius 2 is 1.87 bits per heavy atom. The minimum absolute atomic E-state index is 0.0159. The first-order valence-corrected chi connectivity index (χ1v) is 20.3. The highest BCUT2D eigenvalue weighted by Crippen LogP contribution is 2.45. The number of methoxy groups -OCH3 is 1. The molecule has 4 atom stereocenters. The molecule has 290 valence electrons. The summed E-state index contributed by atoms with van der Waals surface area (Å²) >= 11 is 0. The number of pyridine rings is 1. The van der Waals surface area contributed by atoms with E-state index in [0.717, 1.165) is 81.9 Å². The number of nitrogens with zero attached hydrogens (tertiary/aromatic N) is 2. The molecule has 0 aromatic carbocycles. The molecule has 3 heterocycles. The van der Waals surface area contributed by atoms with E-state index in [9.17, 15) is 18.8 Å². The quantitative estimate of drug-likeness (QED) is 0.221. The average molecular weight is 728 g/mol. The van der Waals surface area contributed by atoms with Crippen LogP contribution in [-0.4, -0.2) is 98.0 Å². The molecule has 11 nitrogen and oxygen atoms in total. The van der Waals surface area contributed by atoms with E-state index in [1.807, 2.05) is 4.90 Å². The maximum absolute atomic E-state index is 14.4. The second kappa shape index (κ2) is 19.1. The van der Waals surface area contributed by atoms with E-state index in [1.54, 1.807) is 7.11 Å². The summed E-state index contributed by atoms with van der Waals surface area (Å²) in [6.45, 7) is 3.38. The molecule has 3 amide bonds. The first-order chi connectivity index (χ1) is 25.3. The van der Waals surface area contributed by atoms with E-state index in [0.29, 0.717) is 71.2 Å². The Bertz CT molecular complexity index is 1340. The van der Waals surface area contributed by atoms with Crippen molar-refractivity contribution in [1.82, 2.24) is 25.8 Å². The Morgan fingerprint density at radius 1 is 1.04 bits per heavy atom. The third-order valence-corrected chi connectivity index (χ3v) is 12.5. The van der Waals surface area contributed by atoms with Crippen LogP contribution in [0.3, 0.4) is 0 Å². The molecule has 3 N–H and O–H groups in total. The van der Waals surface area contributed by atoms with Gasteiger partial charge in [-0.2, -0.15) is 0 Å². The fourth-order valence-corrected chi connectivity index (χ4v) is 9.44. The van der Waals surface area contributed by atoms with Crippen molar-refractivity contribution in [3.05, 3.63) is 29.3 Å². The Morgan fingerprint density at radius 3 is 2.67 bits per heavy atom. The summed E-state index contributed by atoms with van der Waals surface area (Å²) in [6, 6.07) is 2.00. The largest absolute Gasteiger partial charge is 0.379 e. The molecule has 12 heteroatoms. The smallest absolute Gasteiger partial charge is 0.229 e. The number of carbonyl (C=O) groups is 3. The van der Waals surface area contributed by atoms with Gasteiger partial charge in [-0.1, -0.05) is 19.3 Å². The number of hydrogen-bond acceptors (Lipinski definition) is 8. The zero-order valence-corrected chi connectivity index (χ0v) is 31.3. The molecule has 52 heavy (non-hydrogen) atoms. The van der Waals surface area contributed by atoms with Gasteiger partial charge in [0.15, 0.2) is 0 Å². The van der Waals surface area contributed by atoms with Gasteiger partial charge in [0.1, 0.15) is 5.82 Å². The second-order valence-corrected chi connectivity index (χ2v) is 16.1. The molecule has 0 bridgehead atoms. The third-order valence-electron chi connectivity index (χ3n) is 12.5. The van der Waals surface area contributed by atoms with Crippen molar-refractivity contribution >= 4 is 17.7 Å². The summed E-state index contributed by atoms with van der Waals surface area (Å²) in [5.41, 5.74) is 1.10. The maximum atomic E-state index is 14.4. The lowest BCUT2D eigenvalue weighted by atomic mass is 9.79. The SMILES string of the molecule is COC1COCCC1NC1CCC(CCCNC(=O)C2CCC(NC(=O)CCCOC3CCCCC3)CC2)(C(=O)N2CCc3ncc(F)cc3C2)C1. The lowest BCUT2D eigenvalue weighted by molar-refractivity contribution is -0.143. The zero-order chi connectivity index (χ0) is 36.3. The molecule has 1 aromatic rings. The molecule has 1 aromatic heterocycles. The van der Waals surface area contributed by atoms with Crippen LogP contribution in [-0.2, 0) is 41.6 Å². The molecule has 4 fully saturated rings. The number of hydrogen-bond donors (Lipinski definition) is 3. The van der Waals surface area contributed by atoms with E-state index in [-0.39, 0.29) is 53.7 Å². The highest BCUT2D eigenvalue weighted by atomic mass is 19.1. The topological polar surface area (TPSA) is 131 Å². The summed E-state index contributed by atoms with van der Waals surface area (Å²) in [5, 5.41) is 10.2. The Balaban J connectivity index is 0.950. The van der Waals surface area contributed by atoms with E-state index >= 15 is 0 Å². The fourth-order valence-electron chi connectivity index (χ4n) is 9.44. The molecule has 1 saturated heterocycles. The number of aromatic nitrogens is 1. The number of ether oxygens (including phenoxy) is 3. The molecule has 3 aliphatic carbocycles. The average Bonchev–Trinajstić information content (AvgIpc) is 3.58. The van der Waals surface area contributed by atoms with Gasteiger partial charge in [0.25, 0.3) is 0 Å². The number of amides is 3. The molecular formula is C40H62FN5O6. The van der Waals surface area contributed by atoms with Gasteiger partial charge >= 0.3 is 0 Å². The molecule has 3 saturated carbocycles. The van der Waals surface area contributed by atoms with Gasteiger partial charge in [0.2, 0.25) is 17.7 Å². The molecule has 5 aliphatic rings. The Labute approximate surface area is 309 Å². The van der Waals surface area contributed by atoms with Crippen LogP contribution in [0.1, 0.15) is 120 Å². The van der Waals surface area contributed by atoms with Gasteiger partial charge in [-0.3, -0.25) is 19.4 Å². The van der Waals surface area contributed by atoms with Gasteiger partial charge < -0.3 is 35.1 Å². The van der Waals surface area contributed by atoms with Crippen molar-refractivity contribution in [3.63, 3.8) is 0 Å². The van der Waals surface area contributed by atoms with Gasteiger partial charge in [-0.05, 0) is 95.1 Å². The van der Waals surface area contributed by atoms with Crippen molar-refractivity contribution in [2.75, 3.05) is 40.0 Å². The van der Waals surface area contributed by atoms with E-state index in [4.69, 9.17) is 14.2 Å². The van der Waals surface area contributed by atoms with Crippen molar-refractivity contribution in [3.8, 4) is 0 Å². The van der Waals surface area contributed by atoms with E-state index < -0.39 is 5.41 Å². The van der Waals surface area contributed by atoms with Crippen LogP contribution in [0.25, 0.3) is 0 Å². The minimum atomic E-state index is -0.549. The summed E-state index contributed by atoms with van der Waals surface area (Å²) in [5.74, 6) is -0.148. The summed E-state index contributed by atoms with van der Waals surface area (Å²) in [7, 11) is 1.72. The van der Waals surface area contributed by atoms with Crippen molar-refractivity contribution in [1.29, 1.82) is 0 Å². The third kappa shape index (κ3) is 10.5. The van der Waals surface area contributed by atoms with Gasteiger partial charge in [-0.15, -0.1) is 0 Å². The highest BCUT2D eigenvalue weighted by molar-refractivity contribution is 5.83. The van der Waals surface area contributed by atoms with Crippen LogP contribution in [0.4, 0.5) is 4.39 Å². The normalized spacial score (nSPS) is 29.7. The molecule has 0 radical (unpaired) electrons. The van der Waals surface area contributed by atoms with Crippen molar-refractivity contribution in [2.24, 2.45) is 11.3 Å². The van der Waals surface area contributed by atoms with Gasteiger partial charge in [0.05, 0.1) is 30.4 Å². The first-order valence-electron chi connectivity index (χ1n) is 20.3. The molecule has 0 spiro atoms. The Hall–Kier alpha value is -2.67. The van der Waals surface area contributed by atoms with Gasteiger partial charge in [0, 0.05) is 82.5 Å². The van der Waals surface area contributed by atoms with Crippen LogP contribution in [0, 0.1) is 17.2 Å². The van der Waals surface area contributed by atoms with Crippen LogP contribution in [0.2, 0.25) is 0 Å². The number of rotatable bonds is 15. The molecule has 6 rings (SSSR count). The fraction of sp³-hybridized carbons (Fsp3) is 0.800. The summed E-state index contributed by atoms with van der Waals surface area (Å²) in [4.78, 5) is 46.3. The summed E-state index contributed by atoms with van der Waals surface area (Å²) < 4.78 is 31.4. The zero-order valence-electron chi connectivity index (χ0n) is 31.3. The van der Waals surface area contributed by atoms with Crippen molar-refractivity contribution < 1.29 is 33.0 Å². The van der Waals surface area contributed by atoms with E-state index in [2.05, 4.69) is 20.9 Å². The highest BCUT2D eigenvalue weighted by Gasteiger charge is 2.48. The molecule has 2 aliphatic heterocycles. The second-order valence-electron chi connectivity index (χ2n) is 16.1. The first kappa shape index (κ1) is 39.0. The minimum Gasteiger partial charge on any atom is -0.379 e. The number of carbonyl (C=O) groups excluding carboxylic acids is 3. The number of fused-ring (bicyclic) bond motifs is 1. The summed E-state index contributed by atoms with van der Waals surface area (Å²) in [6.07, 6.45) is 17.3. The van der Waals surface area contributed by atoms with E-state index in [1.165, 1.54) is 31.5 Å². The van der Waals surface area contributed by atoms with Crippen LogP contribution in [0.5, 0.6) is 0 Å². The van der Waals surface area contributed by atoms with Crippen LogP contribution >= 0.6 is 0 Å². The standard InChI is InChI=1S/C40H62FN5O6/c1-50-36-27-51-22-16-35(36)44-32-14-18-40(24-32,39(49)46-20-15-34-29(26-46)23-30(41)25-43-34)17-6-19-42-38(48)28-10-12-31(13-11-28)45-37(47)9-5-21-52-33-7-3-2-4-8-33/h23,25,28,31-33,35-36,44H,2-22,24,26-27H2,1H3,(H,42,48)(H,45,47). The predicted octanol–water partition coefficient (Wildman–Crippen LogP) is 4.74. The number of nitrogens with one attached hydrogen (secondary N) is 3. The lowest BCUT2D eigenvalue weighted by Gasteiger charge is -2.38. The molecule has 4 unspecified atom stereocenters. The molecular weight excluding hydrogens is 665 g/mol. The predicted molar refractivity (Wildman–Crippen MR) is 195 cm³/mol. The van der Waals surface area contributed by atoms with Crippen molar-refractivity contribution in [2.45, 2.75) is 152 Å². The Kier molecular flexibility index (Phi) is 14.3. The van der Waals surface area contributed by atoms with Gasteiger partial charge in [-0.25, -0.2) is 4.39 Å². The van der Waals surface area contributed by atoms with Crippen LogP contribution in [0.15, 0.2) is 12.3 Å². The lowest BCUT2D eigenvalue weighted by Crippen LogP contribution is -2.51. The number of halogens is 1.